The second-order valence-electron chi connectivity index (χ2n) is 3.69. The van der Waals surface area contributed by atoms with Crippen LogP contribution in [-0.4, -0.2) is 5.78 Å². The van der Waals surface area contributed by atoms with Crippen LogP contribution in [0.1, 0.15) is 15.9 Å². The Bertz CT molecular complexity index is 628. The van der Waals surface area contributed by atoms with Crippen LogP contribution in [0.25, 0.3) is 0 Å². The largest absolute Gasteiger partial charge is 0.398 e. The van der Waals surface area contributed by atoms with Crippen LogP contribution >= 0.6 is 39.1 Å². The zero-order chi connectivity index (χ0) is 13.3. The molecule has 2 aromatic carbocycles. The molecule has 0 aliphatic carbocycles. The van der Waals surface area contributed by atoms with Gasteiger partial charge in [-0.1, -0.05) is 39.1 Å². The van der Waals surface area contributed by atoms with Gasteiger partial charge in [-0.2, -0.15) is 0 Å². The molecule has 18 heavy (non-hydrogen) atoms. The SMILES string of the molecule is Nc1ccc(C(=O)c2cc(Br)ccc2Cl)cc1Cl. The third kappa shape index (κ3) is 2.69. The van der Waals surface area contributed by atoms with Crippen molar-refractivity contribution in [2.24, 2.45) is 0 Å². The fourth-order valence-corrected chi connectivity index (χ4v) is 2.24. The molecule has 0 unspecified atom stereocenters. The molecule has 2 rings (SSSR count). The van der Waals surface area contributed by atoms with Gasteiger partial charge in [-0.25, -0.2) is 0 Å². The summed E-state index contributed by atoms with van der Waals surface area (Å²) >= 11 is 15.2. The van der Waals surface area contributed by atoms with E-state index in [1.165, 1.54) is 6.07 Å². The van der Waals surface area contributed by atoms with Crippen LogP contribution in [0.15, 0.2) is 40.9 Å². The second-order valence-corrected chi connectivity index (χ2v) is 5.42. The van der Waals surface area contributed by atoms with Crippen LogP contribution in [-0.2, 0) is 0 Å². The highest BCUT2D eigenvalue weighted by Crippen LogP contribution is 2.26. The third-order valence-electron chi connectivity index (χ3n) is 2.44. The summed E-state index contributed by atoms with van der Waals surface area (Å²) in [6.07, 6.45) is 0. The molecule has 0 amide bonds. The summed E-state index contributed by atoms with van der Waals surface area (Å²) in [5, 5.41) is 0.753. The Balaban J connectivity index is 2.47. The topological polar surface area (TPSA) is 43.1 Å². The van der Waals surface area contributed by atoms with E-state index in [-0.39, 0.29) is 5.78 Å². The molecule has 0 aliphatic rings. The number of halogens is 3. The molecular weight excluding hydrogens is 337 g/mol. The van der Waals surface area contributed by atoms with E-state index in [1.54, 1.807) is 30.3 Å². The summed E-state index contributed by atoms with van der Waals surface area (Å²) in [4.78, 5) is 12.3. The van der Waals surface area contributed by atoms with E-state index in [0.717, 1.165) is 4.47 Å². The van der Waals surface area contributed by atoms with Gasteiger partial charge in [-0.05, 0) is 36.4 Å². The van der Waals surface area contributed by atoms with E-state index in [0.29, 0.717) is 26.9 Å². The van der Waals surface area contributed by atoms with Gasteiger partial charge >= 0.3 is 0 Å². The molecule has 5 heteroatoms. The number of nitrogen functional groups attached to an aromatic ring is 1. The summed E-state index contributed by atoms with van der Waals surface area (Å²) in [6, 6.07) is 9.88. The van der Waals surface area contributed by atoms with Gasteiger partial charge in [0.2, 0.25) is 0 Å². The van der Waals surface area contributed by atoms with Crippen LogP contribution in [0.5, 0.6) is 0 Å². The van der Waals surface area contributed by atoms with Gasteiger partial charge in [0, 0.05) is 15.6 Å². The quantitative estimate of drug-likeness (QED) is 0.640. The molecule has 0 radical (unpaired) electrons. The molecule has 2 nitrogen and oxygen atoms in total. The molecule has 2 aromatic rings. The highest BCUT2D eigenvalue weighted by atomic mass is 79.9. The number of hydrogen-bond donors (Lipinski definition) is 1. The lowest BCUT2D eigenvalue weighted by molar-refractivity contribution is 0.103. The van der Waals surface area contributed by atoms with Crippen molar-refractivity contribution in [3.63, 3.8) is 0 Å². The predicted octanol–water partition coefficient (Wildman–Crippen LogP) is 4.57. The summed E-state index contributed by atoms with van der Waals surface area (Å²) in [7, 11) is 0. The fraction of sp³-hybridized carbons (Fsp3) is 0. The van der Waals surface area contributed by atoms with E-state index in [1.807, 2.05) is 0 Å². The number of benzene rings is 2. The van der Waals surface area contributed by atoms with Crippen molar-refractivity contribution in [3.8, 4) is 0 Å². The second kappa shape index (κ2) is 5.31. The zero-order valence-electron chi connectivity index (χ0n) is 9.08. The Morgan fingerprint density at radius 2 is 1.78 bits per heavy atom. The first kappa shape index (κ1) is 13.4. The van der Waals surface area contributed by atoms with Crippen molar-refractivity contribution < 1.29 is 4.79 Å². The van der Waals surface area contributed by atoms with Gasteiger partial charge in [0.25, 0.3) is 0 Å². The molecule has 0 spiro atoms. The molecule has 0 fully saturated rings. The molecule has 0 bridgehead atoms. The highest BCUT2D eigenvalue weighted by molar-refractivity contribution is 9.10. The van der Waals surface area contributed by atoms with Crippen LogP contribution in [0.3, 0.4) is 0 Å². The van der Waals surface area contributed by atoms with E-state index >= 15 is 0 Å². The lowest BCUT2D eigenvalue weighted by atomic mass is 10.0. The van der Waals surface area contributed by atoms with Gasteiger partial charge in [-0.3, -0.25) is 4.79 Å². The predicted molar refractivity (Wildman–Crippen MR) is 78.4 cm³/mol. The molecule has 0 aliphatic heterocycles. The Morgan fingerprint density at radius 3 is 2.44 bits per heavy atom. The number of carbonyl (C=O) groups is 1. The van der Waals surface area contributed by atoms with Gasteiger partial charge in [0.15, 0.2) is 5.78 Å². The van der Waals surface area contributed by atoms with E-state index < -0.39 is 0 Å². The summed E-state index contributed by atoms with van der Waals surface area (Å²) in [5.74, 6) is -0.191. The van der Waals surface area contributed by atoms with Crippen molar-refractivity contribution in [3.05, 3.63) is 62.0 Å². The maximum absolute atomic E-state index is 12.3. The van der Waals surface area contributed by atoms with Gasteiger partial charge in [0.05, 0.1) is 15.7 Å². The molecule has 0 saturated heterocycles. The van der Waals surface area contributed by atoms with Crippen molar-refractivity contribution in [2.75, 3.05) is 5.73 Å². The normalized spacial score (nSPS) is 10.4. The molecule has 0 atom stereocenters. The number of anilines is 1. The van der Waals surface area contributed by atoms with Gasteiger partial charge in [-0.15, -0.1) is 0 Å². The van der Waals surface area contributed by atoms with Crippen molar-refractivity contribution in [1.29, 1.82) is 0 Å². The average Bonchev–Trinajstić information content (AvgIpc) is 2.35. The van der Waals surface area contributed by atoms with Crippen LogP contribution in [0.4, 0.5) is 5.69 Å². The van der Waals surface area contributed by atoms with Gasteiger partial charge in [0.1, 0.15) is 0 Å². The maximum atomic E-state index is 12.3. The molecule has 0 saturated carbocycles. The highest BCUT2D eigenvalue weighted by Gasteiger charge is 2.14. The fourth-order valence-electron chi connectivity index (χ4n) is 1.50. The van der Waals surface area contributed by atoms with Crippen molar-refractivity contribution >= 4 is 50.6 Å². The molecular formula is C13H8BrCl2NO. The first-order chi connectivity index (χ1) is 8.49. The maximum Gasteiger partial charge on any atom is 0.194 e. The lowest BCUT2D eigenvalue weighted by Gasteiger charge is -2.06. The first-order valence-electron chi connectivity index (χ1n) is 5.04. The Kier molecular flexibility index (Phi) is 3.95. The van der Waals surface area contributed by atoms with E-state index in [4.69, 9.17) is 28.9 Å². The molecule has 0 aromatic heterocycles. The van der Waals surface area contributed by atoms with Crippen molar-refractivity contribution in [1.82, 2.24) is 0 Å². The Hall–Kier alpha value is -1.03. The Morgan fingerprint density at radius 1 is 1.06 bits per heavy atom. The minimum Gasteiger partial charge on any atom is -0.398 e. The summed E-state index contributed by atoms with van der Waals surface area (Å²) in [6.45, 7) is 0. The van der Waals surface area contributed by atoms with Crippen LogP contribution in [0.2, 0.25) is 10.0 Å². The number of rotatable bonds is 2. The first-order valence-corrected chi connectivity index (χ1v) is 6.58. The minimum absolute atomic E-state index is 0.191. The number of carbonyl (C=O) groups excluding carboxylic acids is 1. The monoisotopic (exact) mass is 343 g/mol. The standard InChI is InChI=1S/C13H8BrCl2NO/c14-8-2-3-10(15)9(6-8)13(18)7-1-4-12(17)11(16)5-7/h1-6H,17H2. The molecule has 2 N–H and O–H groups in total. The summed E-state index contributed by atoms with van der Waals surface area (Å²) in [5.41, 5.74) is 6.92. The zero-order valence-corrected chi connectivity index (χ0v) is 12.2. The van der Waals surface area contributed by atoms with E-state index in [9.17, 15) is 4.79 Å². The minimum atomic E-state index is -0.191. The Labute approximate surface area is 123 Å². The number of hydrogen-bond acceptors (Lipinski definition) is 2. The third-order valence-corrected chi connectivity index (χ3v) is 3.59. The number of nitrogens with two attached hydrogens (primary N) is 1. The number of ketones is 1. The summed E-state index contributed by atoms with van der Waals surface area (Å²) < 4.78 is 0.789. The van der Waals surface area contributed by atoms with Crippen LogP contribution < -0.4 is 5.73 Å². The van der Waals surface area contributed by atoms with Crippen molar-refractivity contribution in [2.45, 2.75) is 0 Å². The molecule has 0 heterocycles. The van der Waals surface area contributed by atoms with Gasteiger partial charge < -0.3 is 5.73 Å². The average molecular weight is 345 g/mol. The smallest absolute Gasteiger partial charge is 0.194 e. The lowest BCUT2D eigenvalue weighted by Crippen LogP contribution is -2.03. The molecule has 92 valence electrons. The van der Waals surface area contributed by atoms with Crippen LogP contribution in [0, 0.1) is 0 Å². The van der Waals surface area contributed by atoms with E-state index in [2.05, 4.69) is 15.9 Å².